The van der Waals surface area contributed by atoms with Crippen LogP contribution >= 0.6 is 23.4 Å². The number of carboxylic acid groups (broad SMARTS) is 1. The number of hydrogen-bond donors (Lipinski definition) is 2. The Hall–Kier alpha value is -1.73. The third kappa shape index (κ3) is 7.23. The molecule has 1 aromatic carbocycles. The Morgan fingerprint density at radius 3 is 2.67 bits per heavy atom. The highest BCUT2D eigenvalue weighted by Gasteiger charge is 2.24. The zero-order valence-corrected chi connectivity index (χ0v) is 15.2. The van der Waals surface area contributed by atoms with Gasteiger partial charge in [-0.1, -0.05) is 23.7 Å². The van der Waals surface area contributed by atoms with E-state index in [4.69, 9.17) is 16.7 Å². The van der Waals surface area contributed by atoms with E-state index in [0.717, 1.165) is 5.56 Å². The molecule has 1 atom stereocenters. The molecule has 0 aliphatic carbocycles. The summed E-state index contributed by atoms with van der Waals surface area (Å²) in [6, 6.07) is 6.41. The summed E-state index contributed by atoms with van der Waals surface area (Å²) in [5.74, 6) is -0.814. The Morgan fingerprint density at radius 1 is 1.38 bits per heavy atom. The molecule has 0 spiro atoms. The number of carbonyl (C=O) groups excluding carboxylic acids is 2. The summed E-state index contributed by atoms with van der Waals surface area (Å²) in [5.41, 5.74) is 0.997. The molecule has 0 heterocycles. The van der Waals surface area contributed by atoms with Crippen molar-refractivity contribution in [1.29, 1.82) is 0 Å². The van der Waals surface area contributed by atoms with E-state index >= 15 is 0 Å². The highest BCUT2D eigenvalue weighted by molar-refractivity contribution is 7.99. The first kappa shape index (κ1) is 20.3. The van der Waals surface area contributed by atoms with Crippen molar-refractivity contribution in [2.45, 2.75) is 25.6 Å². The monoisotopic (exact) mass is 372 g/mol. The molecule has 0 saturated carbocycles. The van der Waals surface area contributed by atoms with Crippen LogP contribution in [-0.2, 0) is 20.1 Å². The van der Waals surface area contributed by atoms with Gasteiger partial charge in [-0.25, -0.2) is 4.79 Å². The van der Waals surface area contributed by atoms with Gasteiger partial charge in [0.25, 0.3) is 0 Å². The standard InChI is InChI=1S/C16H21ClN2O4S/c1-11(16(22)23)19(7-6-18-12(2)20)15(21)10-24-9-13-4-3-5-14(17)8-13/h3-5,8,11H,6-7,9-10H2,1-2H3,(H,18,20)(H,22,23). The summed E-state index contributed by atoms with van der Waals surface area (Å²) >= 11 is 7.30. The number of rotatable bonds is 9. The van der Waals surface area contributed by atoms with Crippen LogP contribution in [0.2, 0.25) is 5.02 Å². The Kier molecular flexibility index (Phi) is 8.63. The number of carboxylic acids is 1. The highest BCUT2D eigenvalue weighted by Crippen LogP contribution is 2.17. The number of nitrogens with one attached hydrogen (secondary N) is 1. The average molecular weight is 373 g/mol. The van der Waals surface area contributed by atoms with Crippen LogP contribution in [0.4, 0.5) is 0 Å². The normalized spacial score (nSPS) is 11.6. The number of nitrogens with zero attached hydrogens (tertiary/aromatic N) is 1. The molecule has 132 valence electrons. The van der Waals surface area contributed by atoms with Gasteiger partial charge < -0.3 is 15.3 Å². The quantitative estimate of drug-likeness (QED) is 0.692. The first-order valence-electron chi connectivity index (χ1n) is 7.40. The van der Waals surface area contributed by atoms with Gasteiger partial charge in [0.15, 0.2) is 0 Å². The molecule has 2 amide bonds. The van der Waals surface area contributed by atoms with Gasteiger partial charge in [-0.3, -0.25) is 9.59 Å². The molecule has 6 nitrogen and oxygen atoms in total. The van der Waals surface area contributed by atoms with Crippen molar-refractivity contribution in [3.05, 3.63) is 34.9 Å². The van der Waals surface area contributed by atoms with Crippen molar-refractivity contribution in [1.82, 2.24) is 10.2 Å². The van der Waals surface area contributed by atoms with Crippen molar-refractivity contribution < 1.29 is 19.5 Å². The maximum Gasteiger partial charge on any atom is 0.326 e. The van der Waals surface area contributed by atoms with Crippen LogP contribution in [0.15, 0.2) is 24.3 Å². The van der Waals surface area contributed by atoms with Crippen LogP contribution in [-0.4, -0.2) is 52.7 Å². The van der Waals surface area contributed by atoms with E-state index in [2.05, 4.69) is 5.32 Å². The van der Waals surface area contributed by atoms with Crippen LogP contribution in [0.5, 0.6) is 0 Å². The van der Waals surface area contributed by atoms with Gasteiger partial charge in [0.05, 0.1) is 5.75 Å². The first-order valence-corrected chi connectivity index (χ1v) is 8.93. The maximum atomic E-state index is 12.3. The Labute approximate surface area is 150 Å². The second kappa shape index (κ2) is 10.2. The molecule has 1 aromatic rings. The fourth-order valence-corrected chi connectivity index (χ4v) is 3.06. The third-order valence-corrected chi connectivity index (χ3v) is 4.48. The minimum Gasteiger partial charge on any atom is -0.480 e. The van der Waals surface area contributed by atoms with Gasteiger partial charge in [0.2, 0.25) is 11.8 Å². The zero-order valence-electron chi connectivity index (χ0n) is 13.6. The molecule has 0 bridgehead atoms. The molecule has 0 aliphatic heterocycles. The van der Waals surface area contributed by atoms with E-state index in [-0.39, 0.29) is 30.7 Å². The van der Waals surface area contributed by atoms with Gasteiger partial charge in [-0.15, -0.1) is 11.8 Å². The third-order valence-electron chi connectivity index (χ3n) is 3.26. The van der Waals surface area contributed by atoms with E-state index in [1.807, 2.05) is 18.2 Å². The molecule has 0 aliphatic rings. The molecular weight excluding hydrogens is 352 g/mol. The zero-order chi connectivity index (χ0) is 18.1. The number of aliphatic carboxylic acids is 1. The number of halogens is 1. The summed E-state index contributed by atoms with van der Waals surface area (Å²) in [6.07, 6.45) is 0. The van der Waals surface area contributed by atoms with Crippen molar-refractivity contribution in [2.75, 3.05) is 18.8 Å². The largest absolute Gasteiger partial charge is 0.480 e. The van der Waals surface area contributed by atoms with Crippen LogP contribution in [0, 0.1) is 0 Å². The van der Waals surface area contributed by atoms with Crippen LogP contribution in [0.1, 0.15) is 19.4 Å². The molecule has 0 aromatic heterocycles. The second-order valence-corrected chi connectivity index (χ2v) is 6.63. The SMILES string of the molecule is CC(=O)NCCN(C(=O)CSCc1cccc(Cl)c1)C(C)C(=O)O. The van der Waals surface area contributed by atoms with E-state index in [1.165, 1.54) is 30.5 Å². The first-order chi connectivity index (χ1) is 11.3. The summed E-state index contributed by atoms with van der Waals surface area (Å²) in [6.45, 7) is 3.20. The maximum absolute atomic E-state index is 12.3. The second-order valence-electron chi connectivity index (χ2n) is 5.21. The highest BCUT2D eigenvalue weighted by atomic mass is 35.5. The Morgan fingerprint density at radius 2 is 2.08 bits per heavy atom. The minimum atomic E-state index is -1.08. The van der Waals surface area contributed by atoms with Crippen LogP contribution in [0.3, 0.4) is 0 Å². The van der Waals surface area contributed by atoms with E-state index < -0.39 is 12.0 Å². The van der Waals surface area contributed by atoms with Gasteiger partial charge in [0.1, 0.15) is 6.04 Å². The van der Waals surface area contributed by atoms with E-state index in [1.54, 1.807) is 6.07 Å². The van der Waals surface area contributed by atoms with Crippen molar-refractivity contribution in [3.63, 3.8) is 0 Å². The number of amides is 2. The summed E-state index contributed by atoms with van der Waals surface area (Å²) in [5, 5.41) is 12.3. The molecule has 8 heteroatoms. The Balaban J connectivity index is 2.56. The number of carbonyl (C=O) groups is 3. The predicted octanol–water partition coefficient (Wildman–Crippen LogP) is 2.01. The molecular formula is C16H21ClN2O4S. The van der Waals surface area contributed by atoms with Gasteiger partial charge in [-0.2, -0.15) is 0 Å². The van der Waals surface area contributed by atoms with Crippen molar-refractivity contribution in [2.24, 2.45) is 0 Å². The molecule has 0 fully saturated rings. The predicted molar refractivity (Wildman–Crippen MR) is 95.1 cm³/mol. The molecule has 2 N–H and O–H groups in total. The van der Waals surface area contributed by atoms with Gasteiger partial charge >= 0.3 is 5.97 Å². The lowest BCUT2D eigenvalue weighted by atomic mass is 10.2. The average Bonchev–Trinajstić information content (AvgIpc) is 2.50. The minimum absolute atomic E-state index is 0.156. The van der Waals surface area contributed by atoms with Crippen LogP contribution < -0.4 is 5.32 Å². The topological polar surface area (TPSA) is 86.7 Å². The molecule has 0 saturated heterocycles. The number of thioether (sulfide) groups is 1. The number of benzene rings is 1. The molecule has 1 unspecified atom stereocenters. The van der Waals surface area contributed by atoms with Crippen molar-refractivity contribution in [3.8, 4) is 0 Å². The number of hydrogen-bond acceptors (Lipinski definition) is 4. The Bertz CT molecular complexity index is 597. The fourth-order valence-electron chi connectivity index (χ4n) is 1.99. The lowest BCUT2D eigenvalue weighted by molar-refractivity contribution is -0.148. The lowest BCUT2D eigenvalue weighted by Gasteiger charge is -2.26. The van der Waals surface area contributed by atoms with Crippen LogP contribution in [0.25, 0.3) is 0 Å². The molecule has 24 heavy (non-hydrogen) atoms. The smallest absolute Gasteiger partial charge is 0.326 e. The van der Waals surface area contributed by atoms with Gasteiger partial charge in [-0.05, 0) is 24.6 Å². The molecule has 1 rings (SSSR count). The van der Waals surface area contributed by atoms with Gasteiger partial charge in [0, 0.05) is 30.8 Å². The molecule has 0 radical (unpaired) electrons. The summed E-state index contributed by atoms with van der Waals surface area (Å²) in [4.78, 5) is 35.7. The van der Waals surface area contributed by atoms with Crippen molar-refractivity contribution >= 4 is 41.1 Å². The van der Waals surface area contributed by atoms with E-state index in [0.29, 0.717) is 10.8 Å². The summed E-state index contributed by atoms with van der Waals surface area (Å²) in [7, 11) is 0. The fraction of sp³-hybridized carbons (Fsp3) is 0.438. The summed E-state index contributed by atoms with van der Waals surface area (Å²) < 4.78 is 0. The van der Waals surface area contributed by atoms with E-state index in [9.17, 15) is 14.4 Å². The lowest BCUT2D eigenvalue weighted by Crippen LogP contribution is -2.47.